The predicted octanol–water partition coefficient (Wildman–Crippen LogP) is 3.67. The number of carbonyl (C=O) groups is 3. The van der Waals surface area contributed by atoms with Crippen LogP contribution in [-0.2, 0) is 19.1 Å². The van der Waals surface area contributed by atoms with Crippen LogP contribution in [0.4, 0.5) is 5.95 Å². The first-order valence-corrected chi connectivity index (χ1v) is 14.5. The number of rotatable bonds is 8. The molecule has 0 spiro atoms. The number of esters is 1. The lowest BCUT2D eigenvalue weighted by Gasteiger charge is -2.34. The summed E-state index contributed by atoms with van der Waals surface area (Å²) >= 11 is 0. The summed E-state index contributed by atoms with van der Waals surface area (Å²) in [6.07, 6.45) is 12.3. The molecule has 10 heteroatoms. The Morgan fingerprint density at radius 3 is 2.10 bits per heavy atom. The molecule has 0 atom stereocenters. The molecular weight excluding hydrogens is 510 g/mol. The summed E-state index contributed by atoms with van der Waals surface area (Å²) in [7, 11) is 1.38. The van der Waals surface area contributed by atoms with Gasteiger partial charge in [-0.3, -0.25) is 25.2 Å². The molecule has 2 N–H and O–H groups in total. The second-order valence-corrected chi connectivity index (χ2v) is 11.2. The van der Waals surface area contributed by atoms with E-state index in [-0.39, 0.29) is 23.7 Å². The van der Waals surface area contributed by atoms with Gasteiger partial charge in [-0.1, -0.05) is 18.6 Å². The van der Waals surface area contributed by atoms with Crippen LogP contribution in [0.3, 0.4) is 0 Å². The molecule has 2 saturated carbocycles. The fraction of sp³-hybridized carbons (Fsp3) is 0.567. The number of ether oxygens (including phenoxy) is 2. The van der Waals surface area contributed by atoms with E-state index in [1.807, 2.05) is 24.5 Å². The number of nitrogens with zero attached hydrogens (tertiary/aromatic N) is 3. The zero-order valence-corrected chi connectivity index (χ0v) is 23.1. The summed E-state index contributed by atoms with van der Waals surface area (Å²) in [5, 5.41) is 0. The highest BCUT2D eigenvalue weighted by atomic mass is 16.5. The molecule has 1 aromatic carbocycles. The van der Waals surface area contributed by atoms with Crippen molar-refractivity contribution in [1.29, 1.82) is 0 Å². The van der Waals surface area contributed by atoms with Crippen LogP contribution in [0.2, 0.25) is 0 Å². The highest BCUT2D eigenvalue weighted by Crippen LogP contribution is 2.30. The molecule has 2 amide bonds. The van der Waals surface area contributed by atoms with Gasteiger partial charge in [-0.25, -0.2) is 9.97 Å². The standard InChI is InChI=1S/C30H39N5O5/c1-39-29(38)24-11-9-23(10-12-24)28(37)34-33-27(36)22-7-5-21(6-8-22)25-17-31-30(32-18-25)35-15-13-26(14-16-35)40-19-20-3-2-4-20/h5-8,17-18,20,23-24,26H,2-4,9-16,19H2,1H3,(H,33,36)(H,34,37). The Balaban J connectivity index is 1.06. The molecule has 0 bridgehead atoms. The van der Waals surface area contributed by atoms with Crippen LogP contribution in [0.25, 0.3) is 11.1 Å². The van der Waals surface area contributed by atoms with E-state index < -0.39 is 5.91 Å². The molecule has 2 heterocycles. The summed E-state index contributed by atoms with van der Waals surface area (Å²) in [6, 6.07) is 7.10. The Kier molecular flexibility index (Phi) is 9.26. The Labute approximate surface area is 235 Å². The Morgan fingerprint density at radius 1 is 0.850 bits per heavy atom. The van der Waals surface area contributed by atoms with E-state index in [1.54, 1.807) is 12.1 Å². The lowest BCUT2D eigenvalue weighted by Crippen LogP contribution is -2.45. The third-order valence-corrected chi connectivity index (χ3v) is 8.57. The Bertz CT molecular complexity index is 1150. The van der Waals surface area contributed by atoms with Crippen molar-refractivity contribution < 1.29 is 23.9 Å². The Morgan fingerprint density at radius 2 is 1.50 bits per heavy atom. The van der Waals surface area contributed by atoms with E-state index >= 15 is 0 Å². The van der Waals surface area contributed by atoms with E-state index in [4.69, 9.17) is 9.47 Å². The number of piperidine rings is 1. The first-order chi connectivity index (χ1) is 19.5. The molecule has 10 nitrogen and oxygen atoms in total. The number of hydrogen-bond acceptors (Lipinski definition) is 8. The SMILES string of the molecule is COC(=O)C1CCC(C(=O)NNC(=O)c2ccc(-c3cnc(N4CCC(OCC5CCC5)CC4)nc3)cc2)CC1. The predicted molar refractivity (Wildman–Crippen MR) is 149 cm³/mol. The zero-order valence-electron chi connectivity index (χ0n) is 23.1. The monoisotopic (exact) mass is 549 g/mol. The topological polar surface area (TPSA) is 123 Å². The van der Waals surface area contributed by atoms with Gasteiger partial charge in [0.15, 0.2) is 0 Å². The van der Waals surface area contributed by atoms with Crippen LogP contribution in [0.5, 0.6) is 0 Å². The highest BCUT2D eigenvalue weighted by molar-refractivity contribution is 5.96. The van der Waals surface area contributed by atoms with Crippen molar-refractivity contribution >= 4 is 23.7 Å². The van der Waals surface area contributed by atoms with Crippen LogP contribution in [0.15, 0.2) is 36.7 Å². The van der Waals surface area contributed by atoms with E-state index in [9.17, 15) is 14.4 Å². The minimum atomic E-state index is -0.394. The van der Waals surface area contributed by atoms with Crippen molar-refractivity contribution in [2.45, 2.75) is 63.9 Å². The van der Waals surface area contributed by atoms with E-state index in [1.165, 1.54) is 26.4 Å². The molecule has 214 valence electrons. The normalized spacial score (nSPS) is 21.8. The molecule has 2 aromatic rings. The molecule has 2 aliphatic carbocycles. The number of nitrogens with one attached hydrogen (secondary N) is 2. The Hall–Kier alpha value is -3.53. The zero-order chi connectivity index (χ0) is 27.9. The number of aromatic nitrogens is 2. The summed E-state index contributed by atoms with van der Waals surface area (Å²) < 4.78 is 10.9. The van der Waals surface area contributed by atoms with Gasteiger partial charge in [0.2, 0.25) is 11.9 Å². The highest BCUT2D eigenvalue weighted by Gasteiger charge is 2.30. The van der Waals surface area contributed by atoms with Crippen molar-refractivity contribution in [2.24, 2.45) is 17.8 Å². The molecule has 40 heavy (non-hydrogen) atoms. The maximum Gasteiger partial charge on any atom is 0.308 e. The molecule has 1 saturated heterocycles. The van der Waals surface area contributed by atoms with Crippen LogP contribution >= 0.6 is 0 Å². The average Bonchev–Trinajstić information content (AvgIpc) is 2.99. The first kappa shape index (κ1) is 28.0. The van der Waals surface area contributed by atoms with Crippen LogP contribution in [-0.4, -0.2) is 60.7 Å². The summed E-state index contributed by atoms with van der Waals surface area (Å²) in [5.41, 5.74) is 7.22. The van der Waals surface area contributed by atoms with Gasteiger partial charge in [0, 0.05) is 49.1 Å². The van der Waals surface area contributed by atoms with Crippen molar-refractivity contribution in [3.8, 4) is 11.1 Å². The smallest absolute Gasteiger partial charge is 0.308 e. The van der Waals surface area contributed by atoms with Crippen molar-refractivity contribution in [1.82, 2.24) is 20.8 Å². The fourth-order valence-corrected chi connectivity index (χ4v) is 5.65. The van der Waals surface area contributed by atoms with Crippen LogP contribution < -0.4 is 15.8 Å². The lowest BCUT2D eigenvalue weighted by atomic mass is 9.82. The van der Waals surface area contributed by atoms with Gasteiger partial charge in [0.1, 0.15) is 0 Å². The van der Waals surface area contributed by atoms with Crippen molar-refractivity contribution in [3.63, 3.8) is 0 Å². The second kappa shape index (κ2) is 13.2. The lowest BCUT2D eigenvalue weighted by molar-refractivity contribution is -0.147. The van der Waals surface area contributed by atoms with Gasteiger partial charge in [-0.2, -0.15) is 0 Å². The molecule has 1 aliphatic heterocycles. The van der Waals surface area contributed by atoms with E-state index in [2.05, 4.69) is 25.7 Å². The van der Waals surface area contributed by atoms with E-state index in [0.717, 1.165) is 55.5 Å². The third-order valence-electron chi connectivity index (χ3n) is 8.57. The van der Waals surface area contributed by atoms with E-state index in [0.29, 0.717) is 37.4 Å². The molecule has 0 unspecified atom stereocenters. The van der Waals surface area contributed by atoms with Crippen molar-refractivity contribution in [3.05, 3.63) is 42.2 Å². The largest absolute Gasteiger partial charge is 0.469 e. The average molecular weight is 550 g/mol. The minimum Gasteiger partial charge on any atom is -0.469 e. The van der Waals surface area contributed by atoms with Gasteiger partial charge in [-0.05, 0) is 75.0 Å². The van der Waals surface area contributed by atoms with Gasteiger partial charge in [-0.15, -0.1) is 0 Å². The number of carbonyl (C=O) groups excluding carboxylic acids is 3. The fourth-order valence-electron chi connectivity index (χ4n) is 5.65. The first-order valence-electron chi connectivity index (χ1n) is 14.5. The summed E-state index contributed by atoms with van der Waals surface area (Å²) in [6.45, 7) is 2.69. The van der Waals surface area contributed by atoms with Gasteiger partial charge in [0.25, 0.3) is 5.91 Å². The molecule has 3 aliphatic rings. The molecule has 3 fully saturated rings. The minimum absolute atomic E-state index is 0.151. The second-order valence-electron chi connectivity index (χ2n) is 11.2. The van der Waals surface area contributed by atoms with Gasteiger partial charge in [0.05, 0.1) is 19.1 Å². The molecule has 5 rings (SSSR count). The summed E-state index contributed by atoms with van der Waals surface area (Å²) in [5.74, 6) is 0.260. The number of benzene rings is 1. The number of hydrogen-bond donors (Lipinski definition) is 2. The number of anilines is 1. The summed E-state index contributed by atoms with van der Waals surface area (Å²) in [4.78, 5) is 48.1. The molecular formula is C30H39N5O5. The van der Waals surface area contributed by atoms with Gasteiger partial charge >= 0.3 is 5.97 Å². The maximum absolute atomic E-state index is 12.6. The van der Waals surface area contributed by atoms with Crippen LogP contribution in [0.1, 0.15) is 68.1 Å². The molecule has 0 radical (unpaired) electrons. The van der Waals surface area contributed by atoms with Crippen LogP contribution in [0, 0.1) is 17.8 Å². The van der Waals surface area contributed by atoms with Gasteiger partial charge < -0.3 is 14.4 Å². The van der Waals surface area contributed by atoms with Crippen molar-refractivity contribution in [2.75, 3.05) is 31.7 Å². The number of hydrazine groups is 1. The molecule has 1 aromatic heterocycles. The quantitative estimate of drug-likeness (QED) is 0.378. The maximum atomic E-state index is 12.6. The number of amides is 2. The third kappa shape index (κ3) is 6.96. The number of methoxy groups -OCH3 is 1.